The highest BCUT2D eigenvalue weighted by Crippen LogP contribution is 2.31. The Hall–Kier alpha value is -1.25. The number of nitrogens with zero attached hydrogens (tertiary/aromatic N) is 3. The average molecular weight is 175 g/mol. The van der Waals surface area contributed by atoms with Crippen LogP contribution in [0.1, 0.15) is 18.5 Å². The van der Waals surface area contributed by atoms with E-state index in [1.807, 2.05) is 17.6 Å². The zero-order valence-corrected chi connectivity index (χ0v) is 7.77. The van der Waals surface area contributed by atoms with Gasteiger partial charge in [0.05, 0.1) is 5.69 Å². The van der Waals surface area contributed by atoms with Gasteiger partial charge in [-0.2, -0.15) is 5.10 Å². The Morgan fingerprint density at radius 1 is 1.46 bits per heavy atom. The van der Waals surface area contributed by atoms with Crippen LogP contribution < -0.4 is 0 Å². The number of fused-ring (bicyclic) bond motifs is 1. The molecule has 2 aromatic heterocycles. The Balaban J connectivity index is 2.05. The predicted octanol–water partition coefficient (Wildman–Crippen LogP) is 1.85. The first-order valence-electron chi connectivity index (χ1n) is 4.84. The summed E-state index contributed by atoms with van der Waals surface area (Å²) in [4.78, 5) is 0. The summed E-state index contributed by atoms with van der Waals surface area (Å²) in [6.07, 6.45) is 6.96. The zero-order valence-electron chi connectivity index (χ0n) is 7.77. The van der Waals surface area contributed by atoms with Crippen molar-refractivity contribution in [1.29, 1.82) is 0 Å². The third kappa shape index (κ3) is 1.15. The molecule has 0 bridgehead atoms. The molecule has 0 aliphatic heterocycles. The maximum atomic E-state index is 4.36. The summed E-state index contributed by atoms with van der Waals surface area (Å²) in [6.45, 7) is 3.20. The van der Waals surface area contributed by atoms with E-state index in [2.05, 4.69) is 21.9 Å². The zero-order chi connectivity index (χ0) is 8.84. The Bertz CT molecular complexity index is 434. The van der Waals surface area contributed by atoms with Crippen molar-refractivity contribution in [2.75, 3.05) is 0 Å². The van der Waals surface area contributed by atoms with Crippen LogP contribution in [-0.4, -0.2) is 14.2 Å². The van der Waals surface area contributed by atoms with Crippen molar-refractivity contribution < 1.29 is 0 Å². The normalized spacial score (nSPS) is 17.0. The van der Waals surface area contributed by atoms with E-state index in [1.54, 1.807) is 0 Å². The molecule has 3 nitrogen and oxygen atoms in total. The molecular weight excluding hydrogens is 162 g/mol. The van der Waals surface area contributed by atoms with Gasteiger partial charge in [0.1, 0.15) is 5.65 Å². The maximum absolute atomic E-state index is 4.36. The molecule has 1 aliphatic carbocycles. The van der Waals surface area contributed by atoms with Gasteiger partial charge in [0, 0.05) is 25.0 Å². The minimum atomic E-state index is 0.923. The molecule has 0 spiro atoms. The van der Waals surface area contributed by atoms with Crippen molar-refractivity contribution in [1.82, 2.24) is 14.2 Å². The van der Waals surface area contributed by atoms with Crippen LogP contribution in [0.3, 0.4) is 0 Å². The van der Waals surface area contributed by atoms with E-state index in [9.17, 15) is 0 Å². The van der Waals surface area contributed by atoms with Gasteiger partial charge in [-0.15, -0.1) is 0 Å². The van der Waals surface area contributed by atoms with E-state index in [1.165, 1.54) is 25.0 Å². The first kappa shape index (κ1) is 7.18. The second kappa shape index (κ2) is 2.37. The third-order valence-electron chi connectivity index (χ3n) is 2.67. The predicted molar refractivity (Wildman–Crippen MR) is 50.6 cm³/mol. The fourth-order valence-corrected chi connectivity index (χ4v) is 1.78. The molecule has 0 saturated heterocycles. The lowest BCUT2D eigenvalue weighted by Crippen LogP contribution is -1.97. The second-order valence-corrected chi connectivity index (χ2v) is 3.98. The Morgan fingerprint density at radius 3 is 3.08 bits per heavy atom. The third-order valence-corrected chi connectivity index (χ3v) is 2.67. The fourth-order valence-electron chi connectivity index (χ4n) is 1.78. The van der Waals surface area contributed by atoms with Gasteiger partial charge in [-0.1, -0.05) is 0 Å². The van der Waals surface area contributed by atoms with Crippen LogP contribution >= 0.6 is 0 Å². The van der Waals surface area contributed by atoms with Crippen LogP contribution in [0, 0.1) is 12.8 Å². The topological polar surface area (TPSA) is 22.2 Å². The quantitative estimate of drug-likeness (QED) is 0.683. The maximum Gasteiger partial charge on any atom is 0.135 e. The summed E-state index contributed by atoms with van der Waals surface area (Å²) in [6, 6.07) is 2.14. The molecule has 0 N–H and O–H groups in total. The molecule has 3 heteroatoms. The number of hydrogen-bond donors (Lipinski definition) is 0. The van der Waals surface area contributed by atoms with Crippen molar-refractivity contribution in [3.8, 4) is 0 Å². The number of rotatable bonds is 2. The molecule has 2 heterocycles. The van der Waals surface area contributed by atoms with E-state index in [-0.39, 0.29) is 0 Å². The molecule has 1 saturated carbocycles. The number of aromatic nitrogens is 3. The van der Waals surface area contributed by atoms with Gasteiger partial charge in [-0.3, -0.25) is 0 Å². The molecule has 13 heavy (non-hydrogen) atoms. The molecular formula is C10H13N3. The summed E-state index contributed by atoms with van der Waals surface area (Å²) in [5.41, 5.74) is 2.32. The lowest BCUT2D eigenvalue weighted by atomic mass is 10.4. The van der Waals surface area contributed by atoms with Gasteiger partial charge in [-0.05, 0) is 25.7 Å². The minimum absolute atomic E-state index is 0.923. The molecule has 3 rings (SSSR count). The number of aryl methyl sites for hydroxylation is 1. The van der Waals surface area contributed by atoms with Gasteiger partial charge >= 0.3 is 0 Å². The molecule has 1 fully saturated rings. The number of hydrogen-bond acceptors (Lipinski definition) is 1. The van der Waals surface area contributed by atoms with E-state index >= 15 is 0 Å². The molecule has 68 valence electrons. The molecule has 0 amide bonds. The number of imidazole rings is 1. The van der Waals surface area contributed by atoms with Gasteiger partial charge in [-0.25, -0.2) is 4.52 Å². The summed E-state index contributed by atoms with van der Waals surface area (Å²) in [5, 5.41) is 4.36. The van der Waals surface area contributed by atoms with Crippen molar-refractivity contribution in [3.63, 3.8) is 0 Å². The Morgan fingerprint density at radius 2 is 2.31 bits per heavy atom. The van der Waals surface area contributed by atoms with Crippen molar-refractivity contribution in [2.45, 2.75) is 26.3 Å². The van der Waals surface area contributed by atoms with Gasteiger partial charge in [0.2, 0.25) is 0 Å². The lowest BCUT2D eigenvalue weighted by Gasteiger charge is -1.99. The molecule has 0 aromatic carbocycles. The van der Waals surface area contributed by atoms with Crippen molar-refractivity contribution >= 4 is 5.65 Å². The smallest absolute Gasteiger partial charge is 0.135 e. The largest absolute Gasteiger partial charge is 0.331 e. The first-order chi connectivity index (χ1) is 6.33. The molecule has 0 atom stereocenters. The van der Waals surface area contributed by atoms with Crippen LogP contribution in [0.15, 0.2) is 18.5 Å². The lowest BCUT2D eigenvalue weighted by molar-refractivity contribution is 0.644. The molecule has 1 aliphatic rings. The molecule has 2 aromatic rings. The Labute approximate surface area is 77.0 Å². The van der Waals surface area contributed by atoms with Crippen LogP contribution in [-0.2, 0) is 6.54 Å². The average Bonchev–Trinajstić information content (AvgIpc) is 2.73. The second-order valence-electron chi connectivity index (χ2n) is 3.98. The van der Waals surface area contributed by atoms with Crippen LogP contribution in [0.2, 0.25) is 0 Å². The van der Waals surface area contributed by atoms with E-state index < -0.39 is 0 Å². The SMILES string of the molecule is Cc1cc2n(CC3CC3)ccn2n1. The van der Waals surface area contributed by atoms with Crippen molar-refractivity contribution in [2.24, 2.45) is 5.92 Å². The first-order valence-corrected chi connectivity index (χ1v) is 4.84. The van der Waals surface area contributed by atoms with Crippen LogP contribution in [0.5, 0.6) is 0 Å². The van der Waals surface area contributed by atoms with Gasteiger partial charge in [0.15, 0.2) is 0 Å². The highest BCUT2D eigenvalue weighted by Gasteiger charge is 2.22. The standard InChI is InChI=1S/C10H13N3/c1-8-6-10-12(7-9-2-3-9)4-5-13(10)11-8/h4-6,9H,2-3,7H2,1H3. The summed E-state index contributed by atoms with van der Waals surface area (Å²) >= 11 is 0. The molecule has 0 unspecified atom stereocenters. The minimum Gasteiger partial charge on any atom is -0.331 e. The van der Waals surface area contributed by atoms with Crippen LogP contribution in [0.25, 0.3) is 5.65 Å². The highest BCUT2D eigenvalue weighted by atomic mass is 15.3. The van der Waals surface area contributed by atoms with E-state index in [4.69, 9.17) is 0 Å². The summed E-state index contributed by atoms with van der Waals surface area (Å²) < 4.78 is 4.26. The highest BCUT2D eigenvalue weighted by molar-refractivity contribution is 5.40. The van der Waals surface area contributed by atoms with Gasteiger partial charge < -0.3 is 4.57 Å². The fraction of sp³-hybridized carbons (Fsp3) is 0.500. The van der Waals surface area contributed by atoms with E-state index in [0.717, 1.165) is 11.6 Å². The summed E-state index contributed by atoms with van der Waals surface area (Å²) in [5.74, 6) is 0.923. The Kier molecular flexibility index (Phi) is 1.31. The van der Waals surface area contributed by atoms with E-state index in [0.29, 0.717) is 0 Å². The van der Waals surface area contributed by atoms with Gasteiger partial charge in [0.25, 0.3) is 0 Å². The monoisotopic (exact) mass is 175 g/mol. The van der Waals surface area contributed by atoms with Crippen molar-refractivity contribution in [3.05, 3.63) is 24.2 Å². The van der Waals surface area contributed by atoms with Crippen LogP contribution in [0.4, 0.5) is 0 Å². The molecule has 0 radical (unpaired) electrons. The summed E-state index contributed by atoms with van der Waals surface area (Å²) in [7, 11) is 0.